The Labute approximate surface area is 157 Å². The predicted molar refractivity (Wildman–Crippen MR) is 99.4 cm³/mol. The van der Waals surface area contributed by atoms with Crippen LogP contribution >= 0.6 is 0 Å². The fourth-order valence-corrected chi connectivity index (χ4v) is 3.12. The molecule has 0 spiro atoms. The van der Waals surface area contributed by atoms with Crippen LogP contribution < -0.4 is 15.0 Å². The van der Waals surface area contributed by atoms with Gasteiger partial charge in [0.05, 0.1) is 7.11 Å². The van der Waals surface area contributed by atoms with E-state index in [9.17, 15) is 14.7 Å². The second-order valence-electron chi connectivity index (χ2n) is 6.20. The Kier molecular flexibility index (Phi) is 5.73. The molecule has 1 aliphatic rings. The first-order valence-electron chi connectivity index (χ1n) is 8.56. The number of β-lactam (4-membered cyclic amide) rings is 1. The highest BCUT2D eigenvalue weighted by Gasteiger charge is 2.54. The van der Waals surface area contributed by atoms with Gasteiger partial charge in [-0.3, -0.25) is 9.59 Å². The molecule has 0 radical (unpaired) electrons. The number of nitrogens with one attached hydrogen (secondary N) is 1. The minimum atomic E-state index is -1.42. The number of carbonyl (C=O) groups excluding carboxylic acids is 2. The Morgan fingerprint density at radius 1 is 1.15 bits per heavy atom. The quantitative estimate of drug-likeness (QED) is 0.713. The topological polar surface area (TPSA) is 88.1 Å². The first-order valence-corrected chi connectivity index (χ1v) is 8.56. The van der Waals surface area contributed by atoms with Crippen molar-refractivity contribution in [1.29, 1.82) is 0 Å². The molecule has 0 aromatic heterocycles. The summed E-state index contributed by atoms with van der Waals surface area (Å²) in [5.41, 5.74) is 1.48. The van der Waals surface area contributed by atoms with E-state index in [-0.39, 0.29) is 12.5 Å². The molecular weight excluding hydrogens is 348 g/mol. The van der Waals surface area contributed by atoms with E-state index in [1.807, 2.05) is 30.3 Å². The largest absolute Gasteiger partial charge is 0.497 e. The molecule has 7 heteroatoms. The van der Waals surface area contributed by atoms with Crippen molar-refractivity contribution in [1.82, 2.24) is 5.32 Å². The maximum absolute atomic E-state index is 12.4. The predicted octanol–water partition coefficient (Wildman–Crippen LogP) is 1.10. The number of ether oxygens (including phenoxy) is 2. The summed E-state index contributed by atoms with van der Waals surface area (Å²) in [6.45, 7) is 0.289. The van der Waals surface area contributed by atoms with Gasteiger partial charge in [-0.05, 0) is 29.8 Å². The van der Waals surface area contributed by atoms with Crippen LogP contribution in [0.2, 0.25) is 0 Å². The molecule has 7 nitrogen and oxygen atoms in total. The van der Waals surface area contributed by atoms with Crippen LogP contribution in [-0.4, -0.2) is 49.4 Å². The lowest BCUT2D eigenvalue weighted by atomic mass is 9.91. The standard InChI is InChI=1S/C20H22N2O5/c1-26-15-10-8-14(9-11-15)22-16(18(27-2)20(22)25)17(23)19(24)21-12-13-6-4-3-5-7-13/h3-11,16-18,23H,12H2,1-2H3,(H,21,24)/t16-,17+,18+/m0/s1. The molecule has 2 aromatic carbocycles. The Hall–Kier alpha value is -2.90. The molecule has 0 saturated carbocycles. The lowest BCUT2D eigenvalue weighted by Gasteiger charge is -2.47. The van der Waals surface area contributed by atoms with Gasteiger partial charge in [0.25, 0.3) is 11.8 Å². The van der Waals surface area contributed by atoms with Gasteiger partial charge in [0.1, 0.15) is 11.8 Å². The first-order chi connectivity index (χ1) is 13.1. The lowest BCUT2D eigenvalue weighted by Crippen LogP contribution is -2.72. The Bertz CT molecular complexity index is 794. The first kappa shape index (κ1) is 18.9. The second-order valence-corrected chi connectivity index (χ2v) is 6.20. The van der Waals surface area contributed by atoms with Crippen molar-refractivity contribution in [2.75, 3.05) is 19.1 Å². The summed E-state index contributed by atoms with van der Waals surface area (Å²) in [4.78, 5) is 26.2. The number of nitrogens with zero attached hydrogens (tertiary/aromatic N) is 1. The molecule has 0 unspecified atom stereocenters. The summed E-state index contributed by atoms with van der Waals surface area (Å²) in [6, 6.07) is 15.4. The van der Waals surface area contributed by atoms with Gasteiger partial charge in [-0.1, -0.05) is 30.3 Å². The molecule has 142 valence electrons. The van der Waals surface area contributed by atoms with Gasteiger partial charge in [0, 0.05) is 19.3 Å². The van der Waals surface area contributed by atoms with Crippen LogP contribution in [-0.2, 0) is 20.9 Å². The highest BCUT2D eigenvalue weighted by molar-refractivity contribution is 6.06. The zero-order valence-electron chi connectivity index (χ0n) is 15.2. The molecule has 1 aliphatic heterocycles. The summed E-state index contributed by atoms with van der Waals surface area (Å²) in [5.74, 6) is -0.216. The van der Waals surface area contributed by atoms with Crippen molar-refractivity contribution in [3.63, 3.8) is 0 Å². The van der Waals surface area contributed by atoms with Gasteiger partial charge in [0.2, 0.25) is 0 Å². The fourth-order valence-electron chi connectivity index (χ4n) is 3.12. The minimum absolute atomic E-state index is 0.289. The number of amides is 2. The molecular formula is C20H22N2O5. The molecule has 2 aromatic rings. The van der Waals surface area contributed by atoms with Gasteiger partial charge < -0.3 is 24.8 Å². The molecule has 3 rings (SSSR count). The number of hydrogen-bond acceptors (Lipinski definition) is 5. The fraction of sp³-hybridized carbons (Fsp3) is 0.300. The SMILES string of the molecule is COc1ccc(N2C(=O)[C@H](OC)[C@@H]2[C@@H](O)C(=O)NCc2ccccc2)cc1. The van der Waals surface area contributed by atoms with E-state index in [2.05, 4.69) is 5.32 Å². The van der Waals surface area contributed by atoms with Crippen LogP contribution in [0, 0.1) is 0 Å². The van der Waals surface area contributed by atoms with Crippen molar-refractivity contribution in [3.05, 3.63) is 60.2 Å². The summed E-state index contributed by atoms with van der Waals surface area (Å²) >= 11 is 0. The van der Waals surface area contributed by atoms with E-state index >= 15 is 0 Å². The number of rotatable bonds is 7. The monoisotopic (exact) mass is 370 g/mol. The van der Waals surface area contributed by atoms with Crippen LogP contribution in [0.4, 0.5) is 5.69 Å². The van der Waals surface area contributed by atoms with E-state index in [4.69, 9.17) is 9.47 Å². The van der Waals surface area contributed by atoms with E-state index in [1.54, 1.807) is 31.4 Å². The number of carbonyl (C=O) groups is 2. The van der Waals surface area contributed by atoms with Crippen molar-refractivity contribution < 1.29 is 24.2 Å². The van der Waals surface area contributed by atoms with Crippen molar-refractivity contribution >= 4 is 17.5 Å². The van der Waals surface area contributed by atoms with Gasteiger partial charge in [-0.15, -0.1) is 0 Å². The smallest absolute Gasteiger partial charge is 0.258 e. The highest BCUT2D eigenvalue weighted by atomic mass is 16.5. The number of aliphatic hydroxyl groups is 1. The third-order valence-corrected chi connectivity index (χ3v) is 4.60. The summed E-state index contributed by atoms with van der Waals surface area (Å²) in [6.07, 6.45) is -2.29. The molecule has 0 bridgehead atoms. The van der Waals surface area contributed by atoms with Gasteiger partial charge in [-0.2, -0.15) is 0 Å². The van der Waals surface area contributed by atoms with Crippen LogP contribution in [0.1, 0.15) is 5.56 Å². The third kappa shape index (κ3) is 3.79. The maximum Gasteiger partial charge on any atom is 0.258 e. The van der Waals surface area contributed by atoms with Crippen LogP contribution in [0.3, 0.4) is 0 Å². The summed E-state index contributed by atoms with van der Waals surface area (Å²) in [7, 11) is 2.93. The molecule has 3 atom stereocenters. The number of methoxy groups -OCH3 is 2. The molecule has 2 amide bonds. The minimum Gasteiger partial charge on any atom is -0.497 e. The molecule has 27 heavy (non-hydrogen) atoms. The Balaban J connectivity index is 1.72. The third-order valence-electron chi connectivity index (χ3n) is 4.60. The van der Waals surface area contributed by atoms with Gasteiger partial charge >= 0.3 is 0 Å². The van der Waals surface area contributed by atoms with E-state index in [0.29, 0.717) is 11.4 Å². The van der Waals surface area contributed by atoms with Crippen LogP contribution in [0.5, 0.6) is 5.75 Å². The van der Waals surface area contributed by atoms with E-state index in [0.717, 1.165) is 5.56 Å². The average molecular weight is 370 g/mol. The molecule has 0 aliphatic carbocycles. The molecule has 1 heterocycles. The average Bonchev–Trinajstić information content (AvgIpc) is 2.71. The normalized spacial score (nSPS) is 20.0. The van der Waals surface area contributed by atoms with E-state index < -0.39 is 24.2 Å². The van der Waals surface area contributed by atoms with E-state index in [1.165, 1.54) is 12.0 Å². The zero-order valence-corrected chi connectivity index (χ0v) is 15.2. The second kappa shape index (κ2) is 8.20. The van der Waals surface area contributed by atoms with Crippen molar-refractivity contribution in [2.24, 2.45) is 0 Å². The maximum atomic E-state index is 12.4. The Morgan fingerprint density at radius 3 is 2.41 bits per heavy atom. The van der Waals surface area contributed by atoms with Gasteiger partial charge in [0.15, 0.2) is 12.2 Å². The molecule has 2 N–H and O–H groups in total. The molecule has 1 saturated heterocycles. The van der Waals surface area contributed by atoms with Crippen molar-refractivity contribution in [2.45, 2.75) is 24.8 Å². The summed E-state index contributed by atoms with van der Waals surface area (Å²) in [5, 5.41) is 13.3. The number of aliphatic hydroxyl groups excluding tert-OH is 1. The zero-order chi connectivity index (χ0) is 19.4. The lowest BCUT2D eigenvalue weighted by molar-refractivity contribution is -0.149. The highest BCUT2D eigenvalue weighted by Crippen LogP contribution is 2.33. The number of hydrogen-bond donors (Lipinski definition) is 2. The Morgan fingerprint density at radius 2 is 1.81 bits per heavy atom. The van der Waals surface area contributed by atoms with Crippen LogP contribution in [0.15, 0.2) is 54.6 Å². The van der Waals surface area contributed by atoms with Crippen LogP contribution in [0.25, 0.3) is 0 Å². The van der Waals surface area contributed by atoms with Gasteiger partial charge in [-0.25, -0.2) is 0 Å². The number of anilines is 1. The van der Waals surface area contributed by atoms with Crippen molar-refractivity contribution in [3.8, 4) is 5.75 Å². The number of benzene rings is 2. The molecule has 1 fully saturated rings. The summed E-state index contributed by atoms with van der Waals surface area (Å²) < 4.78 is 10.3.